The summed E-state index contributed by atoms with van der Waals surface area (Å²) in [5, 5.41) is 3.61. The number of thioether (sulfide) groups is 1. The lowest BCUT2D eigenvalue weighted by Gasteiger charge is -2.39. The zero-order chi connectivity index (χ0) is 19.1. The van der Waals surface area contributed by atoms with E-state index >= 15 is 0 Å². The maximum Gasteiger partial charge on any atom is 0.236 e. The molecule has 0 unspecified atom stereocenters. The molecule has 0 aliphatic carbocycles. The predicted octanol–water partition coefficient (Wildman–Crippen LogP) is 0.714. The number of nitrogens with zero attached hydrogens (tertiary/aromatic N) is 4. The molecule has 3 heterocycles. The van der Waals surface area contributed by atoms with E-state index in [1.807, 2.05) is 23.7 Å². The lowest BCUT2D eigenvalue weighted by atomic mass is 9.99. The zero-order valence-electron chi connectivity index (χ0n) is 16.9. The fourth-order valence-corrected chi connectivity index (χ4v) is 4.94. The van der Waals surface area contributed by atoms with Crippen molar-refractivity contribution in [2.75, 3.05) is 78.9 Å². The molecule has 0 aromatic rings. The van der Waals surface area contributed by atoms with Crippen LogP contribution in [0, 0.1) is 0 Å². The summed E-state index contributed by atoms with van der Waals surface area (Å²) < 4.78 is 5.79. The summed E-state index contributed by atoms with van der Waals surface area (Å²) in [7, 11) is 1.86. The van der Waals surface area contributed by atoms with Crippen LogP contribution in [0.4, 0.5) is 0 Å². The molecule has 0 aromatic heterocycles. The lowest BCUT2D eigenvalue weighted by molar-refractivity contribution is -0.131. The summed E-state index contributed by atoms with van der Waals surface area (Å²) in [5.41, 5.74) is 0. The van der Waals surface area contributed by atoms with Crippen LogP contribution in [-0.2, 0) is 9.53 Å². The normalized spacial score (nSPS) is 24.3. The van der Waals surface area contributed by atoms with Gasteiger partial charge in [0.2, 0.25) is 5.91 Å². The summed E-state index contributed by atoms with van der Waals surface area (Å²) in [4.78, 5) is 23.5. The molecule has 0 bridgehead atoms. The Bertz CT molecular complexity index is 510. The highest BCUT2D eigenvalue weighted by Crippen LogP contribution is 2.33. The molecular weight excluding hydrogens is 362 g/mol. The fraction of sp³-hybridized carbons (Fsp3) is 0.895. The van der Waals surface area contributed by atoms with E-state index in [0.29, 0.717) is 12.5 Å². The SMILES string of the molecule is CN=C(NCC1(SC)CCOCC1)N1CCN(CC(=O)N2CCCC2)CC1. The molecule has 3 rings (SSSR count). The number of guanidine groups is 1. The number of piperazine rings is 1. The maximum atomic E-state index is 12.4. The average Bonchev–Trinajstić information content (AvgIpc) is 3.25. The van der Waals surface area contributed by atoms with Gasteiger partial charge in [-0.1, -0.05) is 0 Å². The third kappa shape index (κ3) is 5.51. The lowest BCUT2D eigenvalue weighted by Crippen LogP contribution is -2.56. The van der Waals surface area contributed by atoms with Crippen LogP contribution in [0.1, 0.15) is 25.7 Å². The van der Waals surface area contributed by atoms with Crippen LogP contribution in [0.15, 0.2) is 4.99 Å². The topological polar surface area (TPSA) is 60.4 Å². The molecule has 3 fully saturated rings. The van der Waals surface area contributed by atoms with E-state index in [1.54, 1.807) is 0 Å². The number of carbonyl (C=O) groups excluding carboxylic acids is 1. The molecule has 154 valence electrons. The molecule has 0 saturated carbocycles. The van der Waals surface area contributed by atoms with Gasteiger partial charge in [-0.05, 0) is 31.9 Å². The number of hydrogen-bond acceptors (Lipinski definition) is 5. The Labute approximate surface area is 167 Å². The van der Waals surface area contributed by atoms with Crippen LogP contribution < -0.4 is 5.32 Å². The molecule has 3 aliphatic rings. The minimum atomic E-state index is 0.248. The van der Waals surface area contributed by atoms with Gasteiger partial charge in [-0.2, -0.15) is 11.8 Å². The van der Waals surface area contributed by atoms with Gasteiger partial charge < -0.3 is 19.9 Å². The third-order valence-corrected chi connectivity index (χ3v) is 7.53. The summed E-state index contributed by atoms with van der Waals surface area (Å²) in [6.45, 7) is 8.76. The molecule has 3 aliphatic heterocycles. The Hall–Kier alpha value is -0.990. The van der Waals surface area contributed by atoms with E-state index in [0.717, 1.165) is 90.7 Å². The van der Waals surface area contributed by atoms with E-state index in [2.05, 4.69) is 26.4 Å². The Kier molecular flexibility index (Phi) is 7.66. The van der Waals surface area contributed by atoms with Gasteiger partial charge in [0.1, 0.15) is 0 Å². The Balaban J connectivity index is 1.43. The van der Waals surface area contributed by atoms with Crippen molar-refractivity contribution in [3.63, 3.8) is 0 Å². The summed E-state index contributed by atoms with van der Waals surface area (Å²) in [5.74, 6) is 1.28. The first-order valence-electron chi connectivity index (χ1n) is 10.2. The molecule has 3 saturated heterocycles. The molecule has 1 amide bonds. The summed E-state index contributed by atoms with van der Waals surface area (Å²) >= 11 is 1.95. The largest absolute Gasteiger partial charge is 0.381 e. The highest BCUT2D eigenvalue weighted by atomic mass is 32.2. The molecule has 0 radical (unpaired) electrons. The summed E-state index contributed by atoms with van der Waals surface area (Å²) in [6.07, 6.45) is 6.69. The standard InChI is InChI=1S/C19H35N5O2S/c1-20-18(21-16-19(27-2)5-13-26-14-6-19)24-11-9-22(10-12-24)15-17(25)23-7-3-4-8-23/h3-16H2,1-2H3,(H,20,21). The number of ether oxygens (including phenoxy) is 1. The number of amides is 1. The molecule has 27 heavy (non-hydrogen) atoms. The number of aliphatic imine (C=N–C) groups is 1. The van der Waals surface area contributed by atoms with Gasteiger partial charge in [0, 0.05) is 70.8 Å². The summed E-state index contributed by atoms with van der Waals surface area (Å²) in [6, 6.07) is 0. The van der Waals surface area contributed by atoms with Gasteiger partial charge in [-0.25, -0.2) is 0 Å². The van der Waals surface area contributed by atoms with Crippen LogP contribution in [0.2, 0.25) is 0 Å². The van der Waals surface area contributed by atoms with Crippen molar-refractivity contribution in [2.45, 2.75) is 30.4 Å². The average molecular weight is 398 g/mol. The van der Waals surface area contributed by atoms with E-state index in [1.165, 1.54) is 0 Å². The first kappa shape index (κ1) is 20.7. The minimum absolute atomic E-state index is 0.248. The van der Waals surface area contributed by atoms with E-state index in [4.69, 9.17) is 4.74 Å². The van der Waals surface area contributed by atoms with Crippen molar-refractivity contribution in [3.05, 3.63) is 0 Å². The first-order chi connectivity index (χ1) is 13.2. The Morgan fingerprint density at radius 2 is 1.74 bits per heavy atom. The van der Waals surface area contributed by atoms with Gasteiger partial charge in [-0.15, -0.1) is 0 Å². The van der Waals surface area contributed by atoms with E-state index in [9.17, 15) is 4.79 Å². The Morgan fingerprint density at radius 3 is 2.33 bits per heavy atom. The highest BCUT2D eigenvalue weighted by molar-refractivity contribution is 8.00. The molecule has 8 heteroatoms. The number of rotatable bonds is 5. The molecule has 1 N–H and O–H groups in total. The van der Waals surface area contributed by atoms with Gasteiger partial charge in [-0.3, -0.25) is 14.7 Å². The molecular formula is C19H35N5O2S. The van der Waals surface area contributed by atoms with Crippen LogP contribution in [-0.4, -0.2) is 110 Å². The van der Waals surface area contributed by atoms with E-state index < -0.39 is 0 Å². The van der Waals surface area contributed by atoms with Crippen LogP contribution in [0.3, 0.4) is 0 Å². The smallest absolute Gasteiger partial charge is 0.236 e. The van der Waals surface area contributed by atoms with Crippen molar-refractivity contribution < 1.29 is 9.53 Å². The van der Waals surface area contributed by atoms with E-state index in [-0.39, 0.29) is 4.75 Å². The number of hydrogen-bond donors (Lipinski definition) is 1. The van der Waals surface area contributed by atoms with Gasteiger partial charge in [0.25, 0.3) is 0 Å². The minimum Gasteiger partial charge on any atom is -0.381 e. The van der Waals surface area contributed by atoms with Gasteiger partial charge >= 0.3 is 0 Å². The van der Waals surface area contributed by atoms with Crippen LogP contribution >= 0.6 is 11.8 Å². The quantitative estimate of drug-likeness (QED) is 0.545. The van der Waals surface area contributed by atoms with Crippen LogP contribution in [0.5, 0.6) is 0 Å². The fourth-order valence-electron chi connectivity index (χ4n) is 4.14. The number of nitrogens with one attached hydrogen (secondary N) is 1. The second-order valence-electron chi connectivity index (χ2n) is 7.75. The van der Waals surface area contributed by atoms with Crippen molar-refractivity contribution in [1.29, 1.82) is 0 Å². The monoisotopic (exact) mass is 397 g/mol. The molecule has 0 atom stereocenters. The van der Waals surface area contributed by atoms with Crippen molar-refractivity contribution in [3.8, 4) is 0 Å². The second-order valence-corrected chi connectivity index (χ2v) is 9.03. The van der Waals surface area contributed by atoms with Crippen molar-refractivity contribution in [2.24, 2.45) is 4.99 Å². The zero-order valence-corrected chi connectivity index (χ0v) is 17.7. The first-order valence-corrected chi connectivity index (χ1v) is 11.5. The van der Waals surface area contributed by atoms with Crippen molar-refractivity contribution >= 4 is 23.6 Å². The van der Waals surface area contributed by atoms with Gasteiger partial charge in [0.15, 0.2) is 5.96 Å². The van der Waals surface area contributed by atoms with Crippen molar-refractivity contribution in [1.82, 2.24) is 20.0 Å². The van der Waals surface area contributed by atoms with Gasteiger partial charge in [0.05, 0.1) is 6.54 Å². The second kappa shape index (κ2) is 9.98. The highest BCUT2D eigenvalue weighted by Gasteiger charge is 2.32. The number of carbonyl (C=O) groups is 1. The molecule has 0 aromatic carbocycles. The molecule has 7 nitrogen and oxygen atoms in total. The van der Waals surface area contributed by atoms with Crippen LogP contribution in [0.25, 0.3) is 0 Å². The maximum absolute atomic E-state index is 12.4. The molecule has 0 spiro atoms. The Morgan fingerprint density at radius 1 is 1.07 bits per heavy atom. The predicted molar refractivity (Wildman–Crippen MR) is 111 cm³/mol. The number of likely N-dealkylation sites (tertiary alicyclic amines) is 1. The third-order valence-electron chi connectivity index (χ3n) is 6.11.